The molecule has 0 radical (unpaired) electrons. The normalized spacial score (nSPS) is 10.7. The lowest BCUT2D eigenvalue weighted by Crippen LogP contribution is -2.13. The molecule has 2 N–H and O–H groups in total. The fourth-order valence-corrected chi connectivity index (χ4v) is 2.48. The molecule has 0 spiro atoms. The quantitative estimate of drug-likeness (QED) is 0.575. The lowest BCUT2D eigenvalue weighted by atomic mass is 10.2. The van der Waals surface area contributed by atoms with E-state index in [0.29, 0.717) is 22.5 Å². The zero-order valence-electron chi connectivity index (χ0n) is 13.7. The smallest absolute Gasteiger partial charge is 0.417 e. The van der Waals surface area contributed by atoms with Gasteiger partial charge in [0.05, 0.1) is 5.52 Å². The van der Waals surface area contributed by atoms with Gasteiger partial charge in [0.2, 0.25) is 5.88 Å². The molecule has 0 saturated carbocycles. The van der Waals surface area contributed by atoms with E-state index in [1.54, 1.807) is 24.3 Å². The molecule has 2 aromatic heterocycles. The summed E-state index contributed by atoms with van der Waals surface area (Å²) in [6.45, 7) is 0. The van der Waals surface area contributed by atoms with Gasteiger partial charge in [-0.25, -0.2) is 14.2 Å². The molecule has 0 aliphatic heterocycles. The van der Waals surface area contributed by atoms with Gasteiger partial charge in [0.1, 0.15) is 17.1 Å². The standard InChI is InChI=1S/C19H12FN3O4/c20-11-3-6-13(7-4-11)26-18-14(2-1-9-21-18)17(24)22-12-5-8-15-16(10-12)27-19(25)23-15/h1-10H,(H,22,24)(H,23,25). The van der Waals surface area contributed by atoms with Crippen molar-refractivity contribution in [2.24, 2.45) is 0 Å². The number of aromatic nitrogens is 2. The number of oxazole rings is 1. The van der Waals surface area contributed by atoms with Gasteiger partial charge in [-0.15, -0.1) is 0 Å². The Labute approximate surface area is 151 Å². The lowest BCUT2D eigenvalue weighted by molar-refractivity contribution is 0.102. The average Bonchev–Trinajstić information content (AvgIpc) is 3.03. The largest absolute Gasteiger partial charge is 0.438 e. The Morgan fingerprint density at radius 1 is 1.15 bits per heavy atom. The first-order chi connectivity index (χ1) is 13.1. The van der Waals surface area contributed by atoms with Crippen LogP contribution in [0.1, 0.15) is 10.4 Å². The number of H-pyrrole nitrogens is 1. The van der Waals surface area contributed by atoms with Crippen LogP contribution in [-0.4, -0.2) is 15.9 Å². The summed E-state index contributed by atoms with van der Waals surface area (Å²) < 4.78 is 23.6. The van der Waals surface area contributed by atoms with Gasteiger partial charge < -0.3 is 14.5 Å². The van der Waals surface area contributed by atoms with Gasteiger partial charge in [0, 0.05) is 18.0 Å². The van der Waals surface area contributed by atoms with Crippen LogP contribution in [0.3, 0.4) is 0 Å². The first kappa shape index (κ1) is 16.5. The minimum Gasteiger partial charge on any atom is -0.438 e. The number of hydrogen-bond acceptors (Lipinski definition) is 5. The highest BCUT2D eigenvalue weighted by Crippen LogP contribution is 2.24. The van der Waals surface area contributed by atoms with Gasteiger partial charge in [-0.2, -0.15) is 0 Å². The summed E-state index contributed by atoms with van der Waals surface area (Å²) in [6, 6.07) is 13.3. The Kier molecular flexibility index (Phi) is 4.13. The third-order valence-corrected chi connectivity index (χ3v) is 3.72. The Balaban J connectivity index is 1.59. The molecular weight excluding hydrogens is 353 g/mol. The summed E-state index contributed by atoms with van der Waals surface area (Å²) in [4.78, 5) is 30.4. The molecule has 0 atom stereocenters. The number of anilines is 1. The van der Waals surface area contributed by atoms with Gasteiger partial charge in [0.15, 0.2) is 5.58 Å². The molecule has 0 bridgehead atoms. The minimum atomic E-state index is -0.573. The minimum absolute atomic E-state index is 0.0795. The summed E-state index contributed by atoms with van der Waals surface area (Å²) in [5.41, 5.74) is 1.48. The molecule has 7 nitrogen and oxygen atoms in total. The number of aromatic amines is 1. The molecule has 0 fully saturated rings. The second-order valence-corrected chi connectivity index (χ2v) is 5.59. The molecule has 0 saturated heterocycles. The molecule has 8 heteroatoms. The molecule has 134 valence electrons. The topological polar surface area (TPSA) is 97.2 Å². The zero-order valence-corrected chi connectivity index (χ0v) is 13.7. The number of nitrogens with one attached hydrogen (secondary N) is 2. The van der Waals surface area contributed by atoms with E-state index in [-0.39, 0.29) is 11.4 Å². The summed E-state index contributed by atoms with van der Waals surface area (Å²) in [5, 5.41) is 2.70. The number of hydrogen-bond donors (Lipinski definition) is 2. The third kappa shape index (κ3) is 3.54. The zero-order chi connectivity index (χ0) is 18.8. The van der Waals surface area contributed by atoms with Crippen LogP contribution < -0.4 is 15.8 Å². The molecule has 2 aromatic carbocycles. The highest BCUT2D eigenvalue weighted by Gasteiger charge is 2.15. The number of fused-ring (bicyclic) bond motifs is 1. The number of halogens is 1. The van der Waals surface area contributed by atoms with Crippen molar-refractivity contribution in [2.45, 2.75) is 0 Å². The number of benzene rings is 2. The van der Waals surface area contributed by atoms with Crippen LogP contribution in [0.4, 0.5) is 10.1 Å². The second-order valence-electron chi connectivity index (χ2n) is 5.59. The maximum absolute atomic E-state index is 13.0. The number of carbonyl (C=O) groups excluding carboxylic acids is 1. The van der Waals surface area contributed by atoms with Crippen LogP contribution in [0.5, 0.6) is 11.6 Å². The van der Waals surface area contributed by atoms with Crippen molar-refractivity contribution in [3.63, 3.8) is 0 Å². The van der Waals surface area contributed by atoms with Gasteiger partial charge in [-0.05, 0) is 48.5 Å². The van der Waals surface area contributed by atoms with Crippen LogP contribution in [-0.2, 0) is 0 Å². The predicted octanol–water partition coefficient (Wildman–Crippen LogP) is 3.70. The van der Waals surface area contributed by atoms with E-state index in [9.17, 15) is 14.0 Å². The van der Waals surface area contributed by atoms with Crippen molar-refractivity contribution in [1.29, 1.82) is 0 Å². The van der Waals surface area contributed by atoms with Gasteiger partial charge in [0.25, 0.3) is 5.91 Å². The number of carbonyl (C=O) groups is 1. The van der Waals surface area contributed by atoms with E-state index < -0.39 is 17.5 Å². The van der Waals surface area contributed by atoms with Crippen molar-refractivity contribution in [2.75, 3.05) is 5.32 Å². The Morgan fingerprint density at radius 2 is 1.96 bits per heavy atom. The van der Waals surface area contributed by atoms with E-state index in [2.05, 4.69) is 15.3 Å². The van der Waals surface area contributed by atoms with Crippen LogP contribution >= 0.6 is 0 Å². The van der Waals surface area contributed by atoms with E-state index in [0.717, 1.165) is 0 Å². The molecule has 4 rings (SSSR count). The van der Waals surface area contributed by atoms with Crippen molar-refractivity contribution < 1.29 is 18.3 Å². The number of ether oxygens (including phenoxy) is 1. The first-order valence-corrected chi connectivity index (χ1v) is 7.91. The molecule has 1 amide bonds. The van der Waals surface area contributed by atoms with E-state index >= 15 is 0 Å². The Hall–Kier alpha value is -3.94. The maximum atomic E-state index is 13.0. The number of pyridine rings is 1. The van der Waals surface area contributed by atoms with Crippen LogP contribution in [0.25, 0.3) is 11.1 Å². The molecule has 0 unspecified atom stereocenters. The fourth-order valence-electron chi connectivity index (χ4n) is 2.48. The van der Waals surface area contributed by atoms with Crippen molar-refractivity contribution >= 4 is 22.7 Å². The summed E-state index contributed by atoms with van der Waals surface area (Å²) in [5.74, 6) is -1.00. The van der Waals surface area contributed by atoms with Crippen molar-refractivity contribution in [1.82, 2.24) is 9.97 Å². The van der Waals surface area contributed by atoms with E-state index in [4.69, 9.17) is 9.15 Å². The summed E-state index contributed by atoms with van der Waals surface area (Å²) >= 11 is 0. The fraction of sp³-hybridized carbons (Fsp3) is 0. The van der Waals surface area contributed by atoms with Gasteiger partial charge >= 0.3 is 5.76 Å². The molecule has 27 heavy (non-hydrogen) atoms. The Morgan fingerprint density at radius 3 is 2.78 bits per heavy atom. The third-order valence-electron chi connectivity index (χ3n) is 3.72. The first-order valence-electron chi connectivity index (χ1n) is 7.91. The van der Waals surface area contributed by atoms with Gasteiger partial charge in [-0.1, -0.05) is 0 Å². The number of rotatable bonds is 4. The number of amides is 1. The van der Waals surface area contributed by atoms with Crippen LogP contribution in [0.15, 0.2) is 70.0 Å². The predicted molar refractivity (Wildman–Crippen MR) is 95.5 cm³/mol. The summed E-state index contributed by atoms with van der Waals surface area (Å²) in [7, 11) is 0. The molecular formula is C19H12FN3O4. The van der Waals surface area contributed by atoms with Crippen molar-refractivity contribution in [3.8, 4) is 11.6 Å². The summed E-state index contributed by atoms with van der Waals surface area (Å²) in [6.07, 6.45) is 1.48. The highest BCUT2D eigenvalue weighted by molar-refractivity contribution is 6.06. The lowest BCUT2D eigenvalue weighted by Gasteiger charge is -2.10. The van der Waals surface area contributed by atoms with Crippen molar-refractivity contribution in [3.05, 3.63) is 82.7 Å². The molecule has 4 aromatic rings. The monoisotopic (exact) mass is 365 g/mol. The second kappa shape index (κ2) is 6.75. The van der Waals surface area contributed by atoms with E-state index in [1.807, 2.05) is 0 Å². The SMILES string of the molecule is O=C(Nc1ccc2[nH]c(=O)oc2c1)c1cccnc1Oc1ccc(F)cc1. The molecule has 2 heterocycles. The Bertz CT molecular complexity index is 1180. The highest BCUT2D eigenvalue weighted by atomic mass is 19.1. The molecule has 0 aliphatic carbocycles. The van der Waals surface area contributed by atoms with Crippen LogP contribution in [0, 0.1) is 5.82 Å². The number of nitrogens with zero attached hydrogens (tertiary/aromatic N) is 1. The maximum Gasteiger partial charge on any atom is 0.417 e. The van der Waals surface area contributed by atoms with E-state index in [1.165, 1.54) is 36.5 Å². The van der Waals surface area contributed by atoms with Gasteiger partial charge in [-0.3, -0.25) is 9.78 Å². The molecule has 0 aliphatic rings. The van der Waals surface area contributed by atoms with Crippen LogP contribution in [0.2, 0.25) is 0 Å². The average molecular weight is 365 g/mol.